The number of nitrogens with zero attached hydrogens (tertiary/aromatic N) is 2. The molecule has 0 aliphatic heterocycles. The summed E-state index contributed by atoms with van der Waals surface area (Å²) >= 11 is 0. The smallest absolute Gasteiger partial charge is 0.346 e. The second-order valence-corrected chi connectivity index (χ2v) is 0.962. The van der Waals surface area contributed by atoms with Crippen molar-refractivity contribution >= 4 is 6.03 Å². The van der Waals surface area contributed by atoms with Crippen molar-refractivity contribution in [2.45, 2.75) is 0 Å². The van der Waals surface area contributed by atoms with Crippen molar-refractivity contribution in [3.05, 3.63) is 11.5 Å². The molecule has 0 aromatic heterocycles. The maximum atomic E-state index is 9.86. The largest absolute Gasteiger partial charge is 0.380 e. The molecule has 4 heteroatoms. The van der Waals surface area contributed by atoms with Gasteiger partial charge in [0.15, 0.2) is 0 Å². The third kappa shape index (κ3) is 1.60. The van der Waals surface area contributed by atoms with Crippen LogP contribution in [0.3, 0.4) is 0 Å². The van der Waals surface area contributed by atoms with Crippen LogP contribution in [0.4, 0.5) is 4.79 Å². The fourth-order valence-corrected chi connectivity index (χ4v) is 0.0493. The van der Waals surface area contributed by atoms with Gasteiger partial charge in [-0.15, -0.1) is 0 Å². The second-order valence-electron chi connectivity index (χ2n) is 0.962. The first-order valence-electron chi connectivity index (χ1n) is 1.59. The first-order chi connectivity index (χ1) is 3.18. The lowest BCUT2D eigenvalue weighted by atomic mass is 11.0. The molecule has 0 atom stereocenters. The minimum Gasteiger partial charge on any atom is -0.346 e. The molecule has 4 nitrogen and oxygen atoms in total. The summed E-state index contributed by atoms with van der Waals surface area (Å²) in [4.78, 5) is 12.6. The van der Waals surface area contributed by atoms with Crippen molar-refractivity contribution in [1.29, 1.82) is 0 Å². The molecule has 0 saturated heterocycles. The first kappa shape index (κ1) is 5.76. The number of urea groups is 1. The van der Waals surface area contributed by atoms with Crippen LogP contribution in [0.15, 0.2) is 0 Å². The second kappa shape index (κ2) is 2.03. The Kier molecular flexibility index (Phi) is 1.67. The summed E-state index contributed by atoms with van der Waals surface area (Å²) in [5.41, 5.74) is 4.62. The van der Waals surface area contributed by atoms with E-state index in [1.165, 1.54) is 7.05 Å². The highest BCUT2D eigenvalue weighted by molar-refractivity contribution is 5.72. The van der Waals surface area contributed by atoms with Crippen molar-refractivity contribution in [3.8, 4) is 0 Å². The van der Waals surface area contributed by atoms with Crippen LogP contribution in [0.1, 0.15) is 0 Å². The molecule has 0 unspecified atom stereocenters. The average molecular weight is 99.1 g/mol. The Hall–Kier alpha value is -1.24. The summed E-state index contributed by atoms with van der Waals surface area (Å²) in [6.07, 6.45) is 0. The van der Waals surface area contributed by atoms with Gasteiger partial charge in [0.05, 0.1) is 7.05 Å². The van der Waals surface area contributed by atoms with Crippen LogP contribution >= 0.6 is 0 Å². The number of amides is 2. The fraction of sp³-hybridized carbons (Fsp3) is 0.333. The number of carbonyl (C=O) groups is 1. The van der Waals surface area contributed by atoms with Crippen LogP contribution in [-0.4, -0.2) is 18.1 Å². The molecule has 0 radical (unpaired) electrons. The summed E-state index contributed by atoms with van der Waals surface area (Å²) in [6.45, 7) is 6.19. The number of rotatable bonds is 0. The van der Waals surface area contributed by atoms with Crippen LogP contribution in [0.25, 0.3) is 4.95 Å². The molecule has 0 saturated carbocycles. The molecule has 0 rings (SSSR count). The van der Waals surface area contributed by atoms with Gasteiger partial charge < -0.3 is 5.73 Å². The molecule has 0 spiro atoms. The van der Waals surface area contributed by atoms with Crippen molar-refractivity contribution in [2.75, 3.05) is 7.05 Å². The van der Waals surface area contributed by atoms with Crippen molar-refractivity contribution < 1.29 is 4.79 Å². The Balaban J connectivity index is 3.63. The van der Waals surface area contributed by atoms with Gasteiger partial charge in [-0.25, -0.2) is 4.79 Å². The fourth-order valence-electron chi connectivity index (χ4n) is 0.0493. The number of carbonyl (C=O) groups excluding carboxylic acids is 1. The van der Waals surface area contributed by atoms with E-state index in [2.05, 4.69) is 10.7 Å². The highest BCUT2D eigenvalue weighted by atomic mass is 16.2. The molecule has 0 aliphatic carbocycles. The van der Waals surface area contributed by atoms with Crippen molar-refractivity contribution in [1.82, 2.24) is 5.01 Å². The SMILES string of the molecule is [C-]#[N+]N(C)C(N)=O. The number of nitrogens with two attached hydrogens (primary N) is 1. The molecule has 38 valence electrons. The minimum atomic E-state index is -0.727. The lowest BCUT2D eigenvalue weighted by Crippen LogP contribution is -2.25. The topological polar surface area (TPSA) is 50.7 Å². The molecule has 0 fully saturated rings. The average Bonchev–Trinajstić information content (AvgIpc) is 1.65. The maximum Gasteiger partial charge on any atom is 0.380 e. The summed E-state index contributed by atoms with van der Waals surface area (Å²) in [5.74, 6) is 0. The van der Waals surface area contributed by atoms with Gasteiger partial charge in [0.25, 0.3) is 0 Å². The van der Waals surface area contributed by atoms with Crippen LogP contribution in [0.5, 0.6) is 0 Å². The molecule has 0 bridgehead atoms. The third-order valence-corrected chi connectivity index (χ3v) is 0.469. The minimum absolute atomic E-state index is 0.722. The van der Waals surface area contributed by atoms with E-state index < -0.39 is 6.03 Å². The summed E-state index contributed by atoms with van der Waals surface area (Å²) < 4.78 is 0. The van der Waals surface area contributed by atoms with Crippen LogP contribution in [0.2, 0.25) is 0 Å². The Labute approximate surface area is 41.3 Å². The molecule has 0 aromatic rings. The van der Waals surface area contributed by atoms with Crippen LogP contribution < -0.4 is 5.73 Å². The molecule has 0 aliphatic rings. The van der Waals surface area contributed by atoms with Crippen molar-refractivity contribution in [3.63, 3.8) is 0 Å². The standard InChI is InChI=1S/C3H5N3O/c1-5-6(2)3(4)7/h2H3,(H2,4,7). The molecular weight excluding hydrogens is 94.1 g/mol. The highest BCUT2D eigenvalue weighted by Crippen LogP contribution is 1.76. The Morgan fingerprint density at radius 2 is 2.43 bits per heavy atom. The third-order valence-electron chi connectivity index (χ3n) is 0.469. The molecule has 2 N–H and O–H groups in total. The van der Waals surface area contributed by atoms with E-state index in [4.69, 9.17) is 6.57 Å². The molecular formula is C3H5N3O. The van der Waals surface area contributed by atoms with Gasteiger partial charge >= 0.3 is 6.03 Å². The summed E-state index contributed by atoms with van der Waals surface area (Å²) in [6, 6.07) is -0.727. The number of hydrogen-bond acceptors (Lipinski definition) is 1. The van der Waals surface area contributed by atoms with E-state index in [9.17, 15) is 4.79 Å². The Morgan fingerprint density at radius 1 is 2.00 bits per heavy atom. The van der Waals surface area contributed by atoms with E-state index in [-0.39, 0.29) is 0 Å². The zero-order chi connectivity index (χ0) is 5.86. The zero-order valence-electron chi connectivity index (χ0n) is 3.88. The van der Waals surface area contributed by atoms with Gasteiger partial charge in [-0.3, -0.25) is 0 Å². The van der Waals surface area contributed by atoms with E-state index in [0.717, 1.165) is 5.01 Å². The summed E-state index contributed by atoms with van der Waals surface area (Å²) in [7, 11) is 1.30. The van der Waals surface area contributed by atoms with Crippen LogP contribution in [-0.2, 0) is 0 Å². The van der Waals surface area contributed by atoms with Gasteiger partial charge in [-0.2, -0.15) is 11.5 Å². The van der Waals surface area contributed by atoms with Gasteiger partial charge in [-0.05, 0) is 5.01 Å². The van der Waals surface area contributed by atoms with E-state index in [0.29, 0.717) is 0 Å². The zero-order valence-corrected chi connectivity index (χ0v) is 3.88. The van der Waals surface area contributed by atoms with Gasteiger partial charge in [-0.1, -0.05) is 0 Å². The molecule has 0 heterocycles. The first-order valence-corrected chi connectivity index (χ1v) is 1.59. The Bertz CT molecular complexity index is 114. The maximum absolute atomic E-state index is 9.86. The lowest BCUT2D eigenvalue weighted by molar-refractivity contribution is 0.231. The van der Waals surface area contributed by atoms with Gasteiger partial charge in [0, 0.05) is 0 Å². The number of hydrogen-bond donors (Lipinski definition) is 1. The monoisotopic (exact) mass is 99.0 g/mol. The van der Waals surface area contributed by atoms with E-state index in [1.54, 1.807) is 0 Å². The molecule has 2 amide bonds. The molecule has 7 heavy (non-hydrogen) atoms. The highest BCUT2D eigenvalue weighted by Gasteiger charge is 2.01. The predicted molar refractivity (Wildman–Crippen MR) is 23.9 cm³/mol. The van der Waals surface area contributed by atoms with E-state index in [1.807, 2.05) is 0 Å². The Morgan fingerprint density at radius 3 is 2.43 bits per heavy atom. The molecule has 0 aromatic carbocycles. The van der Waals surface area contributed by atoms with Gasteiger partial charge in [0.2, 0.25) is 0 Å². The van der Waals surface area contributed by atoms with Crippen LogP contribution in [0, 0.1) is 6.57 Å². The normalized spacial score (nSPS) is 6.86. The quantitative estimate of drug-likeness (QED) is 0.332. The number of primary amides is 1. The summed E-state index contributed by atoms with van der Waals surface area (Å²) in [5, 5.41) is 0.722. The predicted octanol–water partition coefficient (Wildman–Crippen LogP) is -0.169. The van der Waals surface area contributed by atoms with E-state index >= 15 is 0 Å². The lowest BCUT2D eigenvalue weighted by Gasteiger charge is -1.91. The van der Waals surface area contributed by atoms with Crippen molar-refractivity contribution in [2.24, 2.45) is 5.73 Å². The van der Waals surface area contributed by atoms with Gasteiger partial charge in [0.1, 0.15) is 0 Å².